The SMILES string of the molecule is O=C(N1CCCC1)N1Cc2ccnn2C(COCC2CCCC2)C1. The van der Waals surface area contributed by atoms with Crippen molar-refractivity contribution < 1.29 is 9.53 Å². The van der Waals surface area contributed by atoms with E-state index in [2.05, 4.69) is 9.78 Å². The van der Waals surface area contributed by atoms with Crippen molar-refractivity contribution in [1.82, 2.24) is 19.6 Å². The van der Waals surface area contributed by atoms with Crippen molar-refractivity contribution in [1.29, 1.82) is 0 Å². The topological polar surface area (TPSA) is 50.6 Å². The number of urea groups is 1. The third kappa shape index (κ3) is 3.29. The summed E-state index contributed by atoms with van der Waals surface area (Å²) in [5.41, 5.74) is 1.11. The molecule has 2 fully saturated rings. The lowest BCUT2D eigenvalue weighted by molar-refractivity contribution is 0.0497. The van der Waals surface area contributed by atoms with E-state index in [4.69, 9.17) is 4.74 Å². The van der Waals surface area contributed by atoms with E-state index < -0.39 is 0 Å². The quantitative estimate of drug-likeness (QED) is 0.852. The zero-order valence-electron chi connectivity index (χ0n) is 14.4. The molecule has 0 radical (unpaired) electrons. The second-order valence-electron chi connectivity index (χ2n) is 7.47. The van der Waals surface area contributed by atoms with E-state index in [0.717, 1.165) is 44.1 Å². The average molecular weight is 332 g/mol. The minimum atomic E-state index is 0.136. The van der Waals surface area contributed by atoms with Crippen LogP contribution in [0.4, 0.5) is 4.79 Å². The predicted octanol–water partition coefficient (Wildman–Crippen LogP) is 2.66. The summed E-state index contributed by atoms with van der Waals surface area (Å²) in [7, 11) is 0. The second-order valence-corrected chi connectivity index (χ2v) is 7.47. The van der Waals surface area contributed by atoms with E-state index >= 15 is 0 Å². The Labute approximate surface area is 143 Å². The fourth-order valence-electron chi connectivity index (χ4n) is 4.31. The van der Waals surface area contributed by atoms with E-state index in [1.165, 1.54) is 25.7 Å². The maximum absolute atomic E-state index is 12.7. The molecule has 1 aromatic heterocycles. The van der Waals surface area contributed by atoms with Gasteiger partial charge in [-0.3, -0.25) is 4.68 Å². The summed E-state index contributed by atoms with van der Waals surface area (Å²) < 4.78 is 8.08. The number of likely N-dealkylation sites (tertiary alicyclic amines) is 1. The van der Waals surface area contributed by atoms with Crippen LogP contribution in [-0.4, -0.2) is 58.5 Å². The number of aromatic nitrogens is 2. The van der Waals surface area contributed by atoms with Gasteiger partial charge in [-0.2, -0.15) is 5.10 Å². The number of hydrogen-bond donors (Lipinski definition) is 0. The van der Waals surface area contributed by atoms with Crippen molar-refractivity contribution >= 4 is 6.03 Å². The number of rotatable bonds is 4. The van der Waals surface area contributed by atoms with Crippen molar-refractivity contribution in [2.75, 3.05) is 32.8 Å². The van der Waals surface area contributed by atoms with Gasteiger partial charge in [0, 0.05) is 32.4 Å². The maximum Gasteiger partial charge on any atom is 0.320 e. The fraction of sp³-hybridized carbons (Fsp3) is 0.778. The summed E-state index contributed by atoms with van der Waals surface area (Å²) in [6, 6.07) is 2.34. The first-order valence-electron chi connectivity index (χ1n) is 9.45. The molecule has 6 nitrogen and oxygen atoms in total. The van der Waals surface area contributed by atoms with Gasteiger partial charge in [0.2, 0.25) is 0 Å². The molecule has 2 amide bonds. The predicted molar refractivity (Wildman–Crippen MR) is 90.7 cm³/mol. The van der Waals surface area contributed by atoms with Crippen LogP contribution in [0.15, 0.2) is 12.3 Å². The maximum atomic E-state index is 12.7. The fourth-order valence-corrected chi connectivity index (χ4v) is 4.31. The number of ether oxygens (including phenoxy) is 1. The average Bonchev–Trinajstić information content (AvgIpc) is 3.34. The normalized spacial score (nSPS) is 24.6. The first-order valence-corrected chi connectivity index (χ1v) is 9.45. The molecule has 0 spiro atoms. The minimum Gasteiger partial charge on any atom is -0.379 e. The Morgan fingerprint density at radius 3 is 2.71 bits per heavy atom. The molecule has 0 bridgehead atoms. The highest BCUT2D eigenvalue weighted by Gasteiger charge is 2.32. The van der Waals surface area contributed by atoms with Gasteiger partial charge in [0.1, 0.15) is 0 Å². The standard InChI is InChI=1S/C18H28N4O2/c23-18(20-9-3-4-10-20)21-11-16-7-8-19-22(16)17(12-21)14-24-13-15-5-1-2-6-15/h7-8,15,17H,1-6,9-14H2. The first kappa shape index (κ1) is 15.9. The van der Waals surface area contributed by atoms with Crippen LogP contribution in [0.2, 0.25) is 0 Å². The summed E-state index contributed by atoms with van der Waals surface area (Å²) in [6.07, 6.45) is 9.40. The van der Waals surface area contributed by atoms with Gasteiger partial charge >= 0.3 is 6.03 Å². The van der Waals surface area contributed by atoms with E-state index in [-0.39, 0.29) is 12.1 Å². The monoisotopic (exact) mass is 332 g/mol. The molecule has 1 unspecified atom stereocenters. The lowest BCUT2D eigenvalue weighted by Gasteiger charge is -2.36. The molecule has 4 rings (SSSR count). The van der Waals surface area contributed by atoms with Gasteiger partial charge in [-0.1, -0.05) is 12.8 Å². The Morgan fingerprint density at radius 2 is 1.92 bits per heavy atom. The van der Waals surface area contributed by atoms with Crippen molar-refractivity contribution in [3.63, 3.8) is 0 Å². The Morgan fingerprint density at radius 1 is 1.12 bits per heavy atom. The van der Waals surface area contributed by atoms with Crippen LogP contribution in [-0.2, 0) is 11.3 Å². The molecular weight excluding hydrogens is 304 g/mol. The molecule has 1 aromatic rings. The van der Waals surface area contributed by atoms with E-state index in [1.807, 2.05) is 22.1 Å². The second kappa shape index (κ2) is 7.13. The Bertz CT molecular complexity index is 561. The summed E-state index contributed by atoms with van der Waals surface area (Å²) in [5.74, 6) is 0.730. The number of carbonyl (C=O) groups is 1. The molecular formula is C18H28N4O2. The molecule has 3 aliphatic rings. The van der Waals surface area contributed by atoms with Crippen LogP contribution in [0.1, 0.15) is 50.3 Å². The van der Waals surface area contributed by atoms with Crippen molar-refractivity contribution in [2.45, 2.75) is 51.1 Å². The lowest BCUT2D eigenvalue weighted by atomic mass is 10.1. The molecule has 1 aliphatic carbocycles. The van der Waals surface area contributed by atoms with Gasteiger partial charge in [0.25, 0.3) is 0 Å². The van der Waals surface area contributed by atoms with Crippen molar-refractivity contribution in [3.8, 4) is 0 Å². The number of carbonyl (C=O) groups excluding carboxylic acids is 1. The van der Waals surface area contributed by atoms with Gasteiger partial charge < -0.3 is 14.5 Å². The summed E-state index contributed by atoms with van der Waals surface area (Å²) in [4.78, 5) is 16.7. The van der Waals surface area contributed by atoms with Crippen molar-refractivity contribution in [2.24, 2.45) is 5.92 Å². The highest BCUT2D eigenvalue weighted by atomic mass is 16.5. The van der Waals surface area contributed by atoms with Gasteiger partial charge in [-0.25, -0.2) is 4.79 Å². The van der Waals surface area contributed by atoms with Crippen LogP contribution in [0.3, 0.4) is 0 Å². The molecule has 0 N–H and O–H groups in total. The minimum absolute atomic E-state index is 0.136. The highest BCUT2D eigenvalue weighted by molar-refractivity contribution is 5.74. The molecule has 0 aromatic carbocycles. The van der Waals surface area contributed by atoms with Gasteiger partial charge in [-0.05, 0) is 37.7 Å². The summed E-state index contributed by atoms with van der Waals surface area (Å²) in [5, 5.41) is 4.47. The van der Waals surface area contributed by atoms with E-state index in [9.17, 15) is 4.79 Å². The summed E-state index contributed by atoms with van der Waals surface area (Å²) in [6.45, 7) is 4.67. The molecule has 3 heterocycles. The van der Waals surface area contributed by atoms with Crippen LogP contribution in [0.5, 0.6) is 0 Å². The molecule has 2 aliphatic heterocycles. The van der Waals surface area contributed by atoms with Crippen LogP contribution < -0.4 is 0 Å². The van der Waals surface area contributed by atoms with Gasteiger partial charge in [-0.15, -0.1) is 0 Å². The van der Waals surface area contributed by atoms with Crippen LogP contribution in [0.25, 0.3) is 0 Å². The van der Waals surface area contributed by atoms with E-state index in [1.54, 1.807) is 0 Å². The van der Waals surface area contributed by atoms with Crippen molar-refractivity contribution in [3.05, 3.63) is 18.0 Å². The molecule has 132 valence electrons. The molecule has 6 heteroatoms. The van der Waals surface area contributed by atoms with Gasteiger partial charge in [0.05, 0.1) is 24.9 Å². The largest absolute Gasteiger partial charge is 0.379 e. The number of fused-ring (bicyclic) bond motifs is 1. The smallest absolute Gasteiger partial charge is 0.320 e. The van der Waals surface area contributed by atoms with Crippen LogP contribution >= 0.6 is 0 Å². The van der Waals surface area contributed by atoms with Crippen LogP contribution in [0, 0.1) is 5.92 Å². The molecule has 1 saturated carbocycles. The third-order valence-electron chi connectivity index (χ3n) is 5.67. The molecule has 1 saturated heterocycles. The first-order chi connectivity index (χ1) is 11.8. The Kier molecular flexibility index (Phi) is 4.74. The lowest BCUT2D eigenvalue weighted by Crippen LogP contribution is -2.48. The molecule has 24 heavy (non-hydrogen) atoms. The van der Waals surface area contributed by atoms with Gasteiger partial charge in [0.15, 0.2) is 0 Å². The zero-order valence-corrected chi connectivity index (χ0v) is 14.4. The molecule has 1 atom stereocenters. The Balaban J connectivity index is 1.38. The number of hydrogen-bond acceptors (Lipinski definition) is 3. The van der Waals surface area contributed by atoms with E-state index in [0.29, 0.717) is 19.7 Å². The number of amides is 2. The zero-order chi connectivity index (χ0) is 16.4. The third-order valence-corrected chi connectivity index (χ3v) is 5.67. The highest BCUT2D eigenvalue weighted by Crippen LogP contribution is 2.26. The summed E-state index contributed by atoms with van der Waals surface area (Å²) >= 11 is 0. The Hall–Kier alpha value is -1.56. The number of nitrogens with zero attached hydrogens (tertiary/aromatic N) is 4.